The number of carbonyl (C=O) groups is 1. The van der Waals surface area contributed by atoms with E-state index in [0.29, 0.717) is 17.3 Å². The van der Waals surface area contributed by atoms with Crippen molar-refractivity contribution >= 4 is 23.3 Å². The van der Waals surface area contributed by atoms with E-state index in [0.717, 1.165) is 34.5 Å². The number of rotatable bonds is 1. The second kappa shape index (κ2) is 5.21. The number of anilines is 1. The quantitative estimate of drug-likeness (QED) is 0.805. The Kier molecular flexibility index (Phi) is 3.36. The molecule has 4 nitrogen and oxygen atoms in total. The topological polar surface area (TPSA) is 55.1 Å². The summed E-state index contributed by atoms with van der Waals surface area (Å²) in [5, 5.41) is 8.08. The molecule has 0 radical (unpaired) electrons. The van der Waals surface area contributed by atoms with Crippen molar-refractivity contribution in [2.75, 3.05) is 5.32 Å². The number of fused-ring (bicyclic) bond motifs is 1. The van der Waals surface area contributed by atoms with Gasteiger partial charge in [-0.05, 0) is 36.5 Å². The number of nitrogens with one attached hydrogen (secondary N) is 1. The summed E-state index contributed by atoms with van der Waals surface area (Å²) in [6, 6.07) is 7.69. The van der Waals surface area contributed by atoms with Gasteiger partial charge in [-0.3, -0.25) is 4.79 Å². The molecular weight excluding hydrogens is 324 g/mol. The van der Waals surface area contributed by atoms with Crippen molar-refractivity contribution in [1.82, 2.24) is 5.16 Å². The van der Waals surface area contributed by atoms with Crippen LogP contribution in [0.5, 0.6) is 0 Å². The van der Waals surface area contributed by atoms with Crippen molar-refractivity contribution in [3.63, 3.8) is 0 Å². The summed E-state index contributed by atoms with van der Waals surface area (Å²) >= 11 is 6.21. The number of aryl methyl sites for hydroxylation is 1. The summed E-state index contributed by atoms with van der Waals surface area (Å²) in [5.41, 5.74) is 4.45. The molecule has 1 N–H and O–H groups in total. The zero-order valence-electron chi connectivity index (χ0n) is 13.9. The van der Waals surface area contributed by atoms with Crippen LogP contribution in [0.2, 0.25) is 5.02 Å². The maximum atomic E-state index is 13.0. The van der Waals surface area contributed by atoms with E-state index in [1.165, 1.54) is 0 Å². The highest BCUT2D eigenvalue weighted by atomic mass is 35.5. The first-order valence-corrected chi connectivity index (χ1v) is 8.48. The molecular formula is C19H19ClN2O2. The zero-order valence-corrected chi connectivity index (χ0v) is 14.7. The number of benzene rings is 1. The smallest absolute Gasteiger partial charge is 0.233 e. The van der Waals surface area contributed by atoms with Crippen LogP contribution in [0.3, 0.4) is 0 Å². The van der Waals surface area contributed by atoms with Gasteiger partial charge < -0.3 is 9.84 Å². The molecule has 0 saturated carbocycles. The van der Waals surface area contributed by atoms with Crippen LogP contribution in [0, 0.1) is 12.3 Å². The first-order chi connectivity index (χ1) is 11.4. The summed E-state index contributed by atoms with van der Waals surface area (Å²) < 4.78 is 5.48. The van der Waals surface area contributed by atoms with E-state index in [4.69, 9.17) is 16.1 Å². The van der Waals surface area contributed by atoms with Gasteiger partial charge in [0, 0.05) is 28.6 Å². The van der Waals surface area contributed by atoms with Crippen LogP contribution in [0.1, 0.15) is 49.4 Å². The summed E-state index contributed by atoms with van der Waals surface area (Å²) in [6.45, 7) is 6.14. The maximum absolute atomic E-state index is 13.0. The van der Waals surface area contributed by atoms with Crippen molar-refractivity contribution in [2.45, 2.75) is 39.5 Å². The molecule has 2 aliphatic rings. The van der Waals surface area contributed by atoms with E-state index < -0.39 is 0 Å². The molecule has 0 bridgehead atoms. The molecule has 0 spiro atoms. The van der Waals surface area contributed by atoms with Crippen LogP contribution in [-0.2, 0) is 4.79 Å². The molecule has 1 atom stereocenters. The Bertz CT molecular complexity index is 879. The van der Waals surface area contributed by atoms with Crippen molar-refractivity contribution in [1.29, 1.82) is 0 Å². The van der Waals surface area contributed by atoms with Crippen LogP contribution in [0.4, 0.5) is 5.88 Å². The first kappa shape index (κ1) is 15.5. The van der Waals surface area contributed by atoms with Gasteiger partial charge in [0.25, 0.3) is 0 Å². The predicted octanol–water partition coefficient (Wildman–Crippen LogP) is 4.84. The molecule has 124 valence electrons. The standard InChI is InChI=1S/C19H19ClN2O2/c1-10-15-16(11-5-4-6-12(20)7-11)17-13(21-18(15)24-22-10)8-19(2,3)9-14(17)23/h4-7,16,21H,8-9H2,1-3H3. The normalized spacial score (nSPS) is 22.0. The molecule has 4 rings (SSSR count). The van der Waals surface area contributed by atoms with Gasteiger partial charge in [0.1, 0.15) is 0 Å². The molecule has 1 aromatic heterocycles. The molecule has 1 aliphatic carbocycles. The lowest BCUT2D eigenvalue weighted by atomic mass is 9.69. The van der Waals surface area contributed by atoms with Gasteiger partial charge in [0.05, 0.1) is 11.3 Å². The van der Waals surface area contributed by atoms with Crippen LogP contribution < -0.4 is 5.32 Å². The molecule has 1 aromatic carbocycles. The fraction of sp³-hybridized carbons (Fsp3) is 0.368. The molecule has 2 heterocycles. The lowest BCUT2D eigenvalue weighted by Crippen LogP contribution is -2.33. The molecule has 1 unspecified atom stereocenters. The number of nitrogens with zero attached hydrogens (tertiary/aromatic N) is 1. The van der Waals surface area contributed by atoms with Gasteiger partial charge in [-0.15, -0.1) is 0 Å². The summed E-state index contributed by atoms with van der Waals surface area (Å²) in [4.78, 5) is 13.0. The molecule has 5 heteroatoms. The number of halogens is 1. The van der Waals surface area contributed by atoms with Crippen molar-refractivity contribution in [2.24, 2.45) is 5.41 Å². The summed E-state index contributed by atoms with van der Waals surface area (Å²) in [5.74, 6) is 0.650. The highest BCUT2D eigenvalue weighted by molar-refractivity contribution is 6.30. The van der Waals surface area contributed by atoms with Gasteiger partial charge in [0.2, 0.25) is 5.88 Å². The molecule has 0 saturated heterocycles. The minimum atomic E-state index is -0.176. The van der Waals surface area contributed by atoms with E-state index in [1.54, 1.807) is 0 Å². The third kappa shape index (κ3) is 2.37. The lowest BCUT2D eigenvalue weighted by molar-refractivity contribution is -0.118. The minimum Gasteiger partial charge on any atom is -0.338 e. The molecule has 0 fully saturated rings. The first-order valence-electron chi connectivity index (χ1n) is 8.11. The van der Waals surface area contributed by atoms with E-state index in [2.05, 4.69) is 24.3 Å². The van der Waals surface area contributed by atoms with E-state index in [-0.39, 0.29) is 17.1 Å². The molecule has 24 heavy (non-hydrogen) atoms. The monoisotopic (exact) mass is 342 g/mol. The Hall–Kier alpha value is -2.07. The van der Waals surface area contributed by atoms with Gasteiger partial charge in [0.15, 0.2) is 5.78 Å². The minimum absolute atomic E-state index is 0.0611. The fourth-order valence-electron chi connectivity index (χ4n) is 3.89. The van der Waals surface area contributed by atoms with E-state index >= 15 is 0 Å². The molecule has 0 amide bonds. The summed E-state index contributed by atoms with van der Waals surface area (Å²) in [6.07, 6.45) is 1.36. The van der Waals surface area contributed by atoms with Crippen molar-refractivity contribution in [3.8, 4) is 0 Å². The Morgan fingerprint density at radius 3 is 2.88 bits per heavy atom. The van der Waals surface area contributed by atoms with Crippen LogP contribution in [0.25, 0.3) is 0 Å². The van der Waals surface area contributed by atoms with Crippen LogP contribution in [0.15, 0.2) is 40.1 Å². The van der Waals surface area contributed by atoms with E-state index in [1.807, 2.05) is 31.2 Å². The molecule has 1 aliphatic heterocycles. The molecule has 2 aromatic rings. The number of carbonyl (C=O) groups excluding carboxylic acids is 1. The van der Waals surface area contributed by atoms with Gasteiger partial charge in [-0.1, -0.05) is 42.7 Å². The lowest BCUT2D eigenvalue weighted by Gasteiger charge is -2.37. The number of ketones is 1. The van der Waals surface area contributed by atoms with Crippen molar-refractivity contribution < 1.29 is 9.32 Å². The van der Waals surface area contributed by atoms with Crippen LogP contribution >= 0.6 is 11.6 Å². The fourth-order valence-corrected chi connectivity index (χ4v) is 4.09. The SMILES string of the molecule is Cc1noc2c1C(c1cccc(Cl)c1)C1=C(CC(C)(C)CC1=O)N2. The number of aromatic nitrogens is 1. The van der Waals surface area contributed by atoms with Crippen LogP contribution in [-0.4, -0.2) is 10.9 Å². The Morgan fingerprint density at radius 2 is 2.12 bits per heavy atom. The van der Waals surface area contributed by atoms with Gasteiger partial charge in [-0.2, -0.15) is 0 Å². The second-order valence-corrected chi connectivity index (χ2v) is 7.89. The van der Waals surface area contributed by atoms with Crippen molar-refractivity contribution in [3.05, 3.63) is 57.4 Å². The third-order valence-corrected chi connectivity index (χ3v) is 5.09. The zero-order chi connectivity index (χ0) is 17.1. The third-order valence-electron chi connectivity index (χ3n) is 4.85. The summed E-state index contributed by atoms with van der Waals surface area (Å²) in [7, 11) is 0. The number of hydrogen-bond acceptors (Lipinski definition) is 4. The van der Waals surface area contributed by atoms with Gasteiger partial charge in [-0.25, -0.2) is 0 Å². The maximum Gasteiger partial charge on any atom is 0.233 e. The average Bonchev–Trinajstić information content (AvgIpc) is 2.85. The number of Topliss-reactive ketones (excluding diaryl/α,β-unsaturated/α-hetero) is 1. The highest BCUT2D eigenvalue weighted by Gasteiger charge is 2.42. The van der Waals surface area contributed by atoms with Gasteiger partial charge >= 0.3 is 0 Å². The highest BCUT2D eigenvalue weighted by Crippen LogP contribution is 2.50. The Labute approximate surface area is 145 Å². The largest absolute Gasteiger partial charge is 0.338 e. The second-order valence-electron chi connectivity index (χ2n) is 7.46. The number of hydrogen-bond donors (Lipinski definition) is 1. The Morgan fingerprint density at radius 1 is 1.33 bits per heavy atom. The number of allylic oxidation sites excluding steroid dienone is 2. The Balaban J connectivity index is 1.95. The average molecular weight is 343 g/mol. The predicted molar refractivity (Wildman–Crippen MR) is 93.2 cm³/mol. The van der Waals surface area contributed by atoms with E-state index in [9.17, 15) is 4.79 Å².